The highest BCUT2D eigenvalue weighted by atomic mass is 32.1. The average molecular weight is 426 g/mol. The molecule has 4 aromatic rings. The van der Waals surface area contributed by atoms with Gasteiger partial charge in [-0.2, -0.15) is 0 Å². The van der Waals surface area contributed by atoms with Crippen molar-refractivity contribution in [2.24, 2.45) is 0 Å². The molecule has 0 radical (unpaired) electrons. The van der Waals surface area contributed by atoms with Gasteiger partial charge in [-0.05, 0) is 60.6 Å². The predicted molar refractivity (Wildman–Crippen MR) is 126 cm³/mol. The molecule has 1 saturated heterocycles. The first-order valence-corrected chi connectivity index (χ1v) is 10.7. The van der Waals surface area contributed by atoms with Gasteiger partial charge < -0.3 is 14.8 Å². The summed E-state index contributed by atoms with van der Waals surface area (Å²) in [6, 6.07) is 24.7. The summed E-state index contributed by atoms with van der Waals surface area (Å²) in [5.41, 5.74) is 4.44. The van der Waals surface area contributed by atoms with E-state index in [1.54, 1.807) is 0 Å². The number of thiocarbonyl (C=S) groups is 1. The van der Waals surface area contributed by atoms with Crippen LogP contribution in [0.1, 0.15) is 34.6 Å². The Morgan fingerprint density at radius 2 is 1.77 bits per heavy atom. The highest BCUT2D eigenvalue weighted by molar-refractivity contribution is 7.80. The van der Waals surface area contributed by atoms with Crippen LogP contribution in [0.5, 0.6) is 0 Å². The molecule has 6 heteroatoms. The second-order valence-corrected chi connectivity index (χ2v) is 8.12. The molecule has 1 N–H and O–H groups in total. The number of nitrogens with one attached hydrogen (secondary N) is 1. The van der Waals surface area contributed by atoms with Crippen molar-refractivity contribution < 1.29 is 0 Å². The van der Waals surface area contributed by atoms with Gasteiger partial charge in [-0.15, -0.1) is 0 Å². The maximum absolute atomic E-state index is 5.81. The highest BCUT2D eigenvalue weighted by Crippen LogP contribution is 2.40. The lowest BCUT2D eigenvalue weighted by atomic mass is 10.0. The number of pyridine rings is 2. The summed E-state index contributed by atoms with van der Waals surface area (Å²) in [6.45, 7) is 2.76. The lowest BCUT2D eigenvalue weighted by Crippen LogP contribution is -2.30. The second kappa shape index (κ2) is 8.32. The molecule has 1 aliphatic heterocycles. The highest BCUT2D eigenvalue weighted by Gasteiger charge is 2.41. The van der Waals surface area contributed by atoms with Crippen LogP contribution in [-0.2, 0) is 6.54 Å². The molecule has 3 aromatic heterocycles. The number of rotatable bonds is 5. The second-order valence-electron chi connectivity index (χ2n) is 7.74. The van der Waals surface area contributed by atoms with Gasteiger partial charge in [0.1, 0.15) is 5.82 Å². The van der Waals surface area contributed by atoms with Crippen LogP contribution in [0, 0.1) is 6.92 Å². The van der Waals surface area contributed by atoms with E-state index in [-0.39, 0.29) is 12.1 Å². The summed E-state index contributed by atoms with van der Waals surface area (Å²) in [7, 11) is 0. The summed E-state index contributed by atoms with van der Waals surface area (Å²) in [5.74, 6) is 0.892. The van der Waals surface area contributed by atoms with Crippen molar-refractivity contribution >= 4 is 17.3 Å². The third-order valence-electron chi connectivity index (χ3n) is 5.62. The van der Waals surface area contributed by atoms with Crippen molar-refractivity contribution in [2.75, 3.05) is 0 Å². The first-order valence-electron chi connectivity index (χ1n) is 10.3. The Morgan fingerprint density at radius 1 is 0.935 bits per heavy atom. The summed E-state index contributed by atoms with van der Waals surface area (Å²) in [5, 5.41) is 4.26. The predicted octanol–water partition coefficient (Wildman–Crippen LogP) is 4.75. The summed E-state index contributed by atoms with van der Waals surface area (Å²) >= 11 is 5.81. The molecule has 31 heavy (non-hydrogen) atoms. The Bertz CT molecular complexity index is 1170. The first kappa shape index (κ1) is 19.5. The third-order valence-corrected chi connectivity index (χ3v) is 5.97. The Labute approximate surface area is 187 Å². The molecule has 0 saturated carbocycles. The van der Waals surface area contributed by atoms with Gasteiger partial charge in [-0.3, -0.25) is 4.98 Å². The van der Waals surface area contributed by atoms with E-state index in [1.165, 1.54) is 5.56 Å². The van der Waals surface area contributed by atoms with Gasteiger partial charge in [0, 0.05) is 30.8 Å². The maximum Gasteiger partial charge on any atom is 0.170 e. The Morgan fingerprint density at radius 3 is 2.52 bits per heavy atom. The number of nitrogens with zero attached hydrogens (tertiary/aromatic N) is 4. The largest absolute Gasteiger partial charge is 0.352 e. The van der Waals surface area contributed by atoms with Crippen molar-refractivity contribution in [1.29, 1.82) is 0 Å². The fourth-order valence-corrected chi connectivity index (χ4v) is 4.43. The average Bonchev–Trinajstić information content (AvgIpc) is 3.40. The Balaban J connectivity index is 1.60. The van der Waals surface area contributed by atoms with Gasteiger partial charge in [0.05, 0.1) is 17.8 Å². The lowest BCUT2D eigenvalue weighted by Gasteiger charge is -2.29. The molecular weight excluding hydrogens is 402 g/mol. The zero-order valence-corrected chi connectivity index (χ0v) is 18.0. The van der Waals surface area contributed by atoms with Crippen LogP contribution in [0.4, 0.5) is 0 Å². The molecule has 5 nitrogen and oxygen atoms in total. The van der Waals surface area contributed by atoms with E-state index in [1.807, 2.05) is 37.5 Å². The Kier molecular flexibility index (Phi) is 5.22. The number of aryl methyl sites for hydroxylation is 1. The molecular formula is C25H23N5S. The van der Waals surface area contributed by atoms with E-state index in [2.05, 4.69) is 85.5 Å². The van der Waals surface area contributed by atoms with Crippen LogP contribution in [0.3, 0.4) is 0 Å². The smallest absolute Gasteiger partial charge is 0.170 e. The van der Waals surface area contributed by atoms with Gasteiger partial charge >= 0.3 is 0 Å². The molecule has 5 rings (SSSR count). The van der Waals surface area contributed by atoms with E-state index >= 15 is 0 Å². The van der Waals surface area contributed by atoms with Crippen LogP contribution in [0.25, 0.3) is 5.82 Å². The van der Waals surface area contributed by atoms with Gasteiger partial charge in [0.15, 0.2) is 5.11 Å². The molecule has 1 aliphatic rings. The molecule has 0 spiro atoms. The molecule has 0 amide bonds. The maximum atomic E-state index is 5.81. The number of hydrogen-bond acceptors (Lipinski definition) is 3. The fourth-order valence-electron chi connectivity index (χ4n) is 4.12. The lowest BCUT2D eigenvalue weighted by molar-refractivity contribution is 0.302. The minimum atomic E-state index is -0.0588. The van der Waals surface area contributed by atoms with Crippen molar-refractivity contribution in [3.63, 3.8) is 0 Å². The molecule has 0 bridgehead atoms. The molecule has 1 aromatic carbocycles. The van der Waals surface area contributed by atoms with Gasteiger partial charge in [-0.1, -0.05) is 42.5 Å². The topological polar surface area (TPSA) is 46.0 Å². The summed E-state index contributed by atoms with van der Waals surface area (Å²) in [4.78, 5) is 11.5. The number of hydrogen-bond donors (Lipinski definition) is 1. The van der Waals surface area contributed by atoms with E-state index in [9.17, 15) is 0 Å². The monoisotopic (exact) mass is 425 g/mol. The number of benzene rings is 1. The fraction of sp³-hybridized carbons (Fsp3) is 0.160. The van der Waals surface area contributed by atoms with Crippen LogP contribution < -0.4 is 5.32 Å². The van der Waals surface area contributed by atoms with E-state index in [0.29, 0.717) is 6.54 Å². The standard InChI is InChI=1S/C25H23N5S/c1-18-12-13-22(27-16-18)29-15-7-11-21(29)24-23(20-10-5-6-14-26-20)28-25(31)30(24)17-19-8-3-2-4-9-19/h2-16,23-24H,17H2,1H3,(H,28,31)/t23-,24-/m0/s1. The zero-order valence-electron chi connectivity index (χ0n) is 17.2. The Hall–Kier alpha value is -3.51. The third kappa shape index (κ3) is 3.82. The van der Waals surface area contributed by atoms with Gasteiger partial charge in [0.2, 0.25) is 0 Å². The van der Waals surface area contributed by atoms with Crippen molar-refractivity contribution in [1.82, 2.24) is 24.8 Å². The SMILES string of the molecule is Cc1ccc(-n2cccc2[C@H]2[C@H](c3ccccn3)NC(=S)N2Cc2ccccc2)nc1. The van der Waals surface area contributed by atoms with Crippen LogP contribution in [0.2, 0.25) is 0 Å². The number of aromatic nitrogens is 3. The minimum Gasteiger partial charge on any atom is -0.352 e. The van der Waals surface area contributed by atoms with Crippen LogP contribution in [-0.4, -0.2) is 24.5 Å². The molecule has 0 aliphatic carbocycles. The molecule has 0 unspecified atom stereocenters. The molecule has 154 valence electrons. The minimum absolute atomic E-state index is 0.0271. The van der Waals surface area contributed by atoms with Crippen molar-refractivity contribution in [3.05, 3.63) is 114 Å². The molecule has 1 fully saturated rings. The quantitative estimate of drug-likeness (QED) is 0.468. The van der Waals surface area contributed by atoms with E-state index in [4.69, 9.17) is 12.2 Å². The zero-order chi connectivity index (χ0) is 21.2. The van der Waals surface area contributed by atoms with Gasteiger partial charge in [-0.25, -0.2) is 4.98 Å². The molecule has 4 heterocycles. The van der Waals surface area contributed by atoms with E-state index in [0.717, 1.165) is 27.9 Å². The van der Waals surface area contributed by atoms with Crippen molar-refractivity contribution in [3.8, 4) is 5.82 Å². The van der Waals surface area contributed by atoms with Gasteiger partial charge in [0.25, 0.3) is 0 Å². The summed E-state index contributed by atoms with van der Waals surface area (Å²) < 4.78 is 2.15. The van der Waals surface area contributed by atoms with Crippen LogP contribution in [0.15, 0.2) is 91.4 Å². The van der Waals surface area contributed by atoms with Crippen molar-refractivity contribution in [2.45, 2.75) is 25.6 Å². The van der Waals surface area contributed by atoms with E-state index < -0.39 is 0 Å². The summed E-state index contributed by atoms with van der Waals surface area (Å²) in [6.07, 6.45) is 5.79. The first-order chi connectivity index (χ1) is 15.2. The van der Waals surface area contributed by atoms with Crippen LogP contribution >= 0.6 is 12.2 Å². The normalized spacial score (nSPS) is 18.2. The molecule has 2 atom stereocenters.